The zero-order valence-electron chi connectivity index (χ0n) is 17.6. The molecule has 1 aliphatic heterocycles. The number of amides is 1. The van der Waals surface area contributed by atoms with E-state index in [4.69, 9.17) is 0 Å². The predicted molar refractivity (Wildman–Crippen MR) is 107 cm³/mol. The van der Waals surface area contributed by atoms with E-state index in [2.05, 4.69) is 5.32 Å². The van der Waals surface area contributed by atoms with Gasteiger partial charge in [-0.3, -0.25) is 9.69 Å². The highest BCUT2D eigenvalue weighted by atomic mass is 19.4. The number of nitrogens with one attached hydrogen (secondary N) is 1. The molecular formula is C22H33F3N2O2. The minimum absolute atomic E-state index is 0.0405. The van der Waals surface area contributed by atoms with Gasteiger partial charge in [0.15, 0.2) is 5.60 Å². The Balaban J connectivity index is 2.07. The van der Waals surface area contributed by atoms with Crippen LogP contribution in [0.15, 0.2) is 30.3 Å². The van der Waals surface area contributed by atoms with Crippen molar-refractivity contribution in [3.05, 3.63) is 35.9 Å². The monoisotopic (exact) mass is 414 g/mol. The third-order valence-electron chi connectivity index (χ3n) is 5.97. The first-order valence-corrected chi connectivity index (χ1v) is 10.3. The molecule has 1 fully saturated rings. The van der Waals surface area contributed by atoms with Crippen molar-refractivity contribution in [3.63, 3.8) is 0 Å². The quantitative estimate of drug-likeness (QED) is 0.678. The van der Waals surface area contributed by atoms with Crippen molar-refractivity contribution < 1.29 is 23.1 Å². The molecule has 0 aliphatic carbocycles. The Labute approximate surface area is 171 Å². The number of hydrogen-bond donors (Lipinski definition) is 2. The van der Waals surface area contributed by atoms with Gasteiger partial charge in [0.1, 0.15) is 0 Å². The van der Waals surface area contributed by atoms with Crippen LogP contribution in [0.25, 0.3) is 0 Å². The van der Waals surface area contributed by atoms with E-state index in [0.29, 0.717) is 13.0 Å². The largest absolute Gasteiger partial charge is 0.417 e. The molecule has 1 saturated heterocycles. The van der Waals surface area contributed by atoms with Gasteiger partial charge in [0.25, 0.3) is 0 Å². The minimum atomic E-state index is -4.62. The van der Waals surface area contributed by atoms with Gasteiger partial charge < -0.3 is 10.4 Å². The summed E-state index contributed by atoms with van der Waals surface area (Å²) in [7, 11) is 0. The van der Waals surface area contributed by atoms with E-state index in [-0.39, 0.29) is 37.9 Å². The molecule has 1 heterocycles. The first-order valence-electron chi connectivity index (χ1n) is 10.3. The topological polar surface area (TPSA) is 52.6 Å². The van der Waals surface area contributed by atoms with E-state index in [0.717, 1.165) is 18.4 Å². The highest BCUT2D eigenvalue weighted by Crippen LogP contribution is 2.38. The number of nitrogens with zero attached hydrogens (tertiary/aromatic N) is 1. The number of aliphatic hydroxyl groups is 1. The number of hydrogen-bond acceptors (Lipinski definition) is 3. The highest BCUT2D eigenvalue weighted by molar-refractivity contribution is 5.81. The van der Waals surface area contributed by atoms with Crippen molar-refractivity contribution in [2.75, 3.05) is 19.6 Å². The lowest BCUT2D eigenvalue weighted by atomic mass is 9.86. The van der Waals surface area contributed by atoms with Gasteiger partial charge in [-0.25, -0.2) is 0 Å². The van der Waals surface area contributed by atoms with Crippen molar-refractivity contribution in [2.45, 2.75) is 70.7 Å². The maximum absolute atomic E-state index is 13.1. The second-order valence-corrected chi connectivity index (χ2v) is 8.75. The Morgan fingerprint density at radius 3 is 2.31 bits per heavy atom. The zero-order chi connectivity index (χ0) is 21.7. The predicted octanol–water partition coefficient (Wildman–Crippen LogP) is 3.93. The SMILES string of the molecule is CCCC(C)(C)C(=O)NC[C@H](Cc1ccccc1)N1CCC(O)(C(F)(F)F)CC1. The van der Waals surface area contributed by atoms with Crippen molar-refractivity contribution in [1.29, 1.82) is 0 Å². The number of carbonyl (C=O) groups excluding carboxylic acids is 1. The van der Waals surface area contributed by atoms with Gasteiger partial charge in [0.2, 0.25) is 5.91 Å². The summed E-state index contributed by atoms with van der Waals surface area (Å²) in [5.74, 6) is -0.0405. The third-order valence-corrected chi connectivity index (χ3v) is 5.97. The van der Waals surface area contributed by atoms with Gasteiger partial charge in [0.05, 0.1) is 0 Å². The standard InChI is InChI=1S/C22H33F3N2O2/c1-4-10-20(2,3)19(28)26-16-18(15-17-8-6-5-7-9-17)27-13-11-21(29,12-14-27)22(23,24)25/h5-9,18,29H,4,10-16H2,1-3H3,(H,26,28)/t18-/m0/s1. The van der Waals surface area contributed by atoms with Crippen molar-refractivity contribution in [3.8, 4) is 0 Å². The molecular weight excluding hydrogens is 381 g/mol. The van der Waals surface area contributed by atoms with Gasteiger partial charge in [-0.05, 0) is 31.2 Å². The molecule has 1 amide bonds. The smallest absolute Gasteiger partial charge is 0.380 e. The van der Waals surface area contributed by atoms with Crippen molar-refractivity contribution >= 4 is 5.91 Å². The van der Waals surface area contributed by atoms with Crippen LogP contribution in [-0.2, 0) is 11.2 Å². The average molecular weight is 415 g/mol. The zero-order valence-corrected chi connectivity index (χ0v) is 17.6. The lowest BCUT2D eigenvalue weighted by molar-refractivity contribution is -0.273. The molecule has 2 rings (SSSR count). The van der Waals surface area contributed by atoms with Crippen molar-refractivity contribution in [1.82, 2.24) is 10.2 Å². The maximum atomic E-state index is 13.1. The Kier molecular flexibility index (Phi) is 7.74. The number of likely N-dealkylation sites (tertiary alicyclic amines) is 1. The van der Waals surface area contributed by atoms with Crippen LogP contribution in [-0.4, -0.2) is 53.4 Å². The summed E-state index contributed by atoms with van der Waals surface area (Å²) in [4.78, 5) is 14.6. The molecule has 0 saturated carbocycles. The fourth-order valence-corrected chi connectivity index (χ4v) is 3.95. The van der Waals surface area contributed by atoms with E-state index < -0.39 is 17.2 Å². The molecule has 0 bridgehead atoms. The molecule has 0 spiro atoms. The summed E-state index contributed by atoms with van der Waals surface area (Å²) in [6.07, 6.45) is -3.03. The average Bonchev–Trinajstić information content (AvgIpc) is 2.65. The lowest BCUT2D eigenvalue weighted by Gasteiger charge is -2.42. The summed E-state index contributed by atoms with van der Waals surface area (Å²) in [5, 5.41) is 13.0. The molecule has 4 nitrogen and oxygen atoms in total. The first-order chi connectivity index (χ1) is 13.5. The molecule has 164 valence electrons. The summed E-state index contributed by atoms with van der Waals surface area (Å²) in [5.41, 5.74) is -2.03. The van der Waals surface area contributed by atoms with E-state index >= 15 is 0 Å². The summed E-state index contributed by atoms with van der Waals surface area (Å²) < 4.78 is 39.4. The number of rotatable bonds is 8. The second-order valence-electron chi connectivity index (χ2n) is 8.75. The first kappa shape index (κ1) is 23.7. The van der Waals surface area contributed by atoms with Crippen LogP contribution in [0, 0.1) is 5.41 Å². The highest BCUT2D eigenvalue weighted by Gasteiger charge is 2.54. The van der Waals surface area contributed by atoms with Crippen LogP contribution in [0.3, 0.4) is 0 Å². The molecule has 29 heavy (non-hydrogen) atoms. The molecule has 1 aromatic carbocycles. The Morgan fingerprint density at radius 1 is 1.21 bits per heavy atom. The van der Waals surface area contributed by atoms with Gasteiger partial charge in [0, 0.05) is 31.1 Å². The number of halogens is 3. The molecule has 1 aromatic rings. The number of alkyl halides is 3. The lowest BCUT2D eigenvalue weighted by Crippen LogP contribution is -2.57. The molecule has 0 unspecified atom stereocenters. The van der Waals surface area contributed by atoms with E-state index in [1.165, 1.54) is 0 Å². The fourth-order valence-electron chi connectivity index (χ4n) is 3.95. The van der Waals surface area contributed by atoms with Crippen LogP contribution in [0.2, 0.25) is 0 Å². The van der Waals surface area contributed by atoms with Gasteiger partial charge in [-0.1, -0.05) is 57.5 Å². The number of carbonyl (C=O) groups is 1. The molecule has 1 aliphatic rings. The summed E-state index contributed by atoms with van der Waals surface area (Å²) in [6.45, 7) is 6.49. The van der Waals surface area contributed by atoms with E-state index in [1.54, 1.807) is 0 Å². The molecule has 7 heteroatoms. The maximum Gasteiger partial charge on any atom is 0.417 e. The summed E-state index contributed by atoms with van der Waals surface area (Å²) in [6, 6.07) is 9.59. The van der Waals surface area contributed by atoms with Crippen LogP contribution in [0.1, 0.15) is 52.0 Å². The van der Waals surface area contributed by atoms with Crippen molar-refractivity contribution in [2.24, 2.45) is 5.41 Å². The molecule has 1 atom stereocenters. The molecule has 0 radical (unpaired) electrons. The van der Waals surface area contributed by atoms with Gasteiger partial charge in [-0.2, -0.15) is 13.2 Å². The molecule has 0 aromatic heterocycles. The van der Waals surface area contributed by atoms with E-state index in [1.807, 2.05) is 56.0 Å². The van der Waals surface area contributed by atoms with E-state index in [9.17, 15) is 23.1 Å². The van der Waals surface area contributed by atoms with Crippen LogP contribution in [0.4, 0.5) is 13.2 Å². The Hall–Kier alpha value is -1.60. The summed E-state index contributed by atoms with van der Waals surface area (Å²) >= 11 is 0. The Bertz CT molecular complexity index is 654. The third kappa shape index (κ3) is 6.19. The fraction of sp³-hybridized carbons (Fsp3) is 0.682. The minimum Gasteiger partial charge on any atom is -0.380 e. The Morgan fingerprint density at radius 2 is 1.79 bits per heavy atom. The number of benzene rings is 1. The van der Waals surface area contributed by atoms with Gasteiger partial charge >= 0.3 is 6.18 Å². The molecule has 2 N–H and O–H groups in total. The van der Waals surface area contributed by atoms with Crippen LogP contribution < -0.4 is 5.32 Å². The van der Waals surface area contributed by atoms with Crippen LogP contribution >= 0.6 is 0 Å². The van der Waals surface area contributed by atoms with Gasteiger partial charge in [-0.15, -0.1) is 0 Å². The number of piperidine rings is 1. The van der Waals surface area contributed by atoms with Crippen LogP contribution in [0.5, 0.6) is 0 Å². The second kappa shape index (κ2) is 9.47. The normalized spacial score (nSPS) is 19.0.